The van der Waals surface area contributed by atoms with E-state index < -0.39 is 12.8 Å². The van der Waals surface area contributed by atoms with Crippen molar-refractivity contribution in [3.63, 3.8) is 0 Å². The molecule has 1 rings (SSSR count). The summed E-state index contributed by atoms with van der Waals surface area (Å²) in [6, 6.07) is 3.51. The maximum atomic E-state index is 12.2. The van der Waals surface area contributed by atoms with Crippen molar-refractivity contribution in [2.24, 2.45) is 0 Å². The number of ether oxygens (including phenoxy) is 2. The molecule has 0 aliphatic heterocycles. The van der Waals surface area contributed by atoms with Gasteiger partial charge in [-0.3, -0.25) is 0 Å². The van der Waals surface area contributed by atoms with E-state index >= 15 is 0 Å². The summed E-state index contributed by atoms with van der Waals surface area (Å²) in [7, 11) is 3.38. The van der Waals surface area contributed by atoms with Crippen LogP contribution in [0.3, 0.4) is 0 Å². The second kappa shape index (κ2) is 7.35. The van der Waals surface area contributed by atoms with E-state index in [2.05, 4.69) is 4.90 Å². The van der Waals surface area contributed by atoms with Gasteiger partial charge < -0.3 is 14.4 Å². The highest BCUT2D eigenvalue weighted by molar-refractivity contribution is 14.1. The summed E-state index contributed by atoms with van der Waals surface area (Å²) >= 11 is 1.95. The number of alkyl halides is 3. The van der Waals surface area contributed by atoms with Crippen LogP contribution in [0.2, 0.25) is 0 Å². The zero-order valence-corrected chi connectivity index (χ0v) is 13.7. The first-order chi connectivity index (χ1) is 9.26. The van der Waals surface area contributed by atoms with Crippen molar-refractivity contribution in [2.75, 3.05) is 27.3 Å². The molecule has 7 heteroatoms. The molecule has 0 radical (unpaired) electrons. The molecular formula is C13H17F3INO2. The predicted octanol–water partition coefficient (Wildman–Crippen LogP) is 3.69. The molecule has 0 fully saturated rings. The standard InChI is InChI=1S/C13H17F3INO2/c1-4-18(2)7-9-5-10(17)12(11(6-9)19-3)20-8-13(14,15)16/h5-6H,4,7-8H2,1-3H3. The van der Waals surface area contributed by atoms with Crippen molar-refractivity contribution in [3.8, 4) is 11.5 Å². The number of hydrogen-bond acceptors (Lipinski definition) is 3. The predicted molar refractivity (Wildman–Crippen MR) is 79.3 cm³/mol. The van der Waals surface area contributed by atoms with Crippen molar-refractivity contribution in [1.82, 2.24) is 4.90 Å². The molecule has 0 atom stereocenters. The minimum atomic E-state index is -4.37. The van der Waals surface area contributed by atoms with Gasteiger partial charge in [0.1, 0.15) is 0 Å². The van der Waals surface area contributed by atoms with Crippen LogP contribution in [0.1, 0.15) is 12.5 Å². The van der Waals surface area contributed by atoms with Crippen molar-refractivity contribution in [1.29, 1.82) is 0 Å². The van der Waals surface area contributed by atoms with Crippen molar-refractivity contribution in [3.05, 3.63) is 21.3 Å². The third kappa shape index (κ3) is 5.35. The monoisotopic (exact) mass is 403 g/mol. The van der Waals surface area contributed by atoms with E-state index in [4.69, 9.17) is 9.47 Å². The summed E-state index contributed by atoms with van der Waals surface area (Å²) < 4.78 is 47.3. The van der Waals surface area contributed by atoms with Gasteiger partial charge in [0.25, 0.3) is 0 Å². The first-order valence-corrected chi connectivity index (χ1v) is 7.09. The summed E-state index contributed by atoms with van der Waals surface area (Å²) in [5, 5.41) is 0. The van der Waals surface area contributed by atoms with Crippen LogP contribution in [0.25, 0.3) is 0 Å². The van der Waals surface area contributed by atoms with E-state index in [-0.39, 0.29) is 5.75 Å². The smallest absolute Gasteiger partial charge is 0.422 e. The van der Waals surface area contributed by atoms with Gasteiger partial charge in [-0.2, -0.15) is 13.2 Å². The van der Waals surface area contributed by atoms with Gasteiger partial charge >= 0.3 is 6.18 Å². The zero-order valence-electron chi connectivity index (χ0n) is 11.6. The van der Waals surface area contributed by atoms with Gasteiger partial charge in [0.15, 0.2) is 18.1 Å². The first-order valence-electron chi connectivity index (χ1n) is 6.01. The van der Waals surface area contributed by atoms with Crippen LogP contribution < -0.4 is 9.47 Å². The molecule has 114 valence electrons. The average molecular weight is 403 g/mol. The summed E-state index contributed by atoms with van der Waals surface area (Å²) in [5.74, 6) is 0.453. The summed E-state index contributed by atoms with van der Waals surface area (Å²) in [4.78, 5) is 2.08. The Balaban J connectivity index is 2.96. The fraction of sp³-hybridized carbons (Fsp3) is 0.538. The molecule has 1 aromatic rings. The molecule has 0 aromatic heterocycles. The van der Waals surface area contributed by atoms with E-state index in [0.29, 0.717) is 15.9 Å². The molecule has 0 saturated heterocycles. The van der Waals surface area contributed by atoms with Crippen LogP contribution in [0.15, 0.2) is 12.1 Å². The van der Waals surface area contributed by atoms with Crippen LogP contribution in [-0.2, 0) is 6.54 Å². The average Bonchev–Trinajstić information content (AvgIpc) is 2.35. The fourth-order valence-electron chi connectivity index (χ4n) is 1.58. The van der Waals surface area contributed by atoms with Crippen LogP contribution in [0.4, 0.5) is 13.2 Å². The molecule has 0 unspecified atom stereocenters. The third-order valence-corrected chi connectivity index (χ3v) is 3.46. The van der Waals surface area contributed by atoms with Gasteiger partial charge in [-0.1, -0.05) is 6.92 Å². The summed E-state index contributed by atoms with van der Waals surface area (Å²) in [6.07, 6.45) is -4.37. The maximum Gasteiger partial charge on any atom is 0.422 e. The number of methoxy groups -OCH3 is 1. The molecule has 1 aromatic carbocycles. The normalized spacial score (nSPS) is 11.8. The van der Waals surface area contributed by atoms with Gasteiger partial charge in [0, 0.05) is 6.54 Å². The van der Waals surface area contributed by atoms with E-state index in [9.17, 15) is 13.2 Å². The number of hydrogen-bond donors (Lipinski definition) is 0. The second-order valence-electron chi connectivity index (χ2n) is 4.34. The Morgan fingerprint density at radius 2 is 1.95 bits per heavy atom. The molecule has 0 spiro atoms. The van der Waals surface area contributed by atoms with E-state index in [1.165, 1.54) is 7.11 Å². The Bertz CT molecular complexity index is 452. The fourth-order valence-corrected chi connectivity index (χ4v) is 2.40. The zero-order chi connectivity index (χ0) is 15.3. The lowest BCUT2D eigenvalue weighted by Gasteiger charge is -2.18. The van der Waals surface area contributed by atoms with Gasteiger partial charge in [-0.15, -0.1) is 0 Å². The van der Waals surface area contributed by atoms with Crippen molar-refractivity contribution in [2.45, 2.75) is 19.6 Å². The van der Waals surface area contributed by atoms with Gasteiger partial charge in [0.2, 0.25) is 0 Å². The van der Waals surface area contributed by atoms with Gasteiger partial charge in [-0.05, 0) is 53.9 Å². The molecule has 0 saturated carbocycles. The quantitative estimate of drug-likeness (QED) is 0.677. The molecule has 0 aliphatic carbocycles. The lowest BCUT2D eigenvalue weighted by Crippen LogP contribution is -2.20. The molecule has 0 heterocycles. The second-order valence-corrected chi connectivity index (χ2v) is 5.51. The lowest BCUT2D eigenvalue weighted by molar-refractivity contribution is -0.153. The van der Waals surface area contributed by atoms with Crippen LogP contribution in [0.5, 0.6) is 11.5 Å². The molecule has 20 heavy (non-hydrogen) atoms. The van der Waals surface area contributed by atoms with Crippen molar-refractivity contribution < 1.29 is 22.6 Å². The highest BCUT2D eigenvalue weighted by Crippen LogP contribution is 2.35. The number of nitrogens with zero attached hydrogens (tertiary/aromatic N) is 1. The number of halogens is 4. The van der Waals surface area contributed by atoms with Crippen LogP contribution >= 0.6 is 22.6 Å². The molecule has 3 nitrogen and oxygen atoms in total. The van der Waals surface area contributed by atoms with Crippen LogP contribution in [-0.4, -0.2) is 38.4 Å². The first kappa shape index (κ1) is 17.4. The third-order valence-electron chi connectivity index (χ3n) is 2.66. The van der Waals surface area contributed by atoms with E-state index in [0.717, 1.165) is 12.1 Å². The Kier molecular flexibility index (Phi) is 6.38. The largest absolute Gasteiger partial charge is 0.493 e. The molecule has 0 N–H and O–H groups in total. The molecular weight excluding hydrogens is 386 g/mol. The topological polar surface area (TPSA) is 21.7 Å². The summed E-state index contributed by atoms with van der Waals surface area (Å²) in [5.41, 5.74) is 0.968. The number of rotatable bonds is 6. The highest BCUT2D eigenvalue weighted by atomic mass is 127. The minimum absolute atomic E-state index is 0.133. The van der Waals surface area contributed by atoms with Gasteiger partial charge in [0.05, 0.1) is 10.7 Å². The van der Waals surface area contributed by atoms with E-state index in [1.54, 1.807) is 12.1 Å². The van der Waals surface area contributed by atoms with E-state index in [1.807, 2.05) is 36.6 Å². The Morgan fingerprint density at radius 1 is 1.30 bits per heavy atom. The number of benzene rings is 1. The Labute approximate surface area is 130 Å². The highest BCUT2D eigenvalue weighted by Gasteiger charge is 2.29. The summed E-state index contributed by atoms with van der Waals surface area (Å²) in [6.45, 7) is 2.28. The van der Waals surface area contributed by atoms with Gasteiger partial charge in [-0.25, -0.2) is 0 Å². The minimum Gasteiger partial charge on any atom is -0.493 e. The lowest BCUT2D eigenvalue weighted by atomic mass is 10.2. The molecule has 0 bridgehead atoms. The SMILES string of the molecule is CCN(C)Cc1cc(I)c(OCC(F)(F)F)c(OC)c1. The molecule has 0 aliphatic rings. The maximum absolute atomic E-state index is 12.2. The van der Waals surface area contributed by atoms with Crippen molar-refractivity contribution >= 4 is 22.6 Å². The Hall–Kier alpha value is -0.700. The molecule has 0 amide bonds. The Morgan fingerprint density at radius 3 is 2.45 bits per heavy atom. The van der Waals surface area contributed by atoms with Crippen LogP contribution in [0, 0.1) is 3.57 Å².